The van der Waals surface area contributed by atoms with Gasteiger partial charge >= 0.3 is 10.4 Å². The molecule has 0 aliphatic heterocycles. The van der Waals surface area contributed by atoms with Gasteiger partial charge in [0.15, 0.2) is 0 Å². The molecule has 148 valence electrons. The van der Waals surface area contributed by atoms with Crippen molar-refractivity contribution in [2.45, 2.75) is 77.2 Å². The van der Waals surface area contributed by atoms with Crippen LogP contribution in [0.15, 0.2) is 11.6 Å². The second-order valence-corrected chi connectivity index (χ2v) is 10.4. The van der Waals surface area contributed by atoms with Crippen LogP contribution in [0.3, 0.4) is 0 Å². The number of hydrogen-bond acceptors (Lipinski definition) is 4. The summed E-state index contributed by atoms with van der Waals surface area (Å²) in [7, 11) is -4.68. The zero-order chi connectivity index (χ0) is 18.9. The van der Waals surface area contributed by atoms with Crippen LogP contribution in [0.1, 0.15) is 58.8 Å². The number of aliphatic hydroxyl groups is 1. The first-order valence-electron chi connectivity index (χ1n) is 9.72. The average molecular weight is 389 g/mol. The summed E-state index contributed by atoms with van der Waals surface area (Å²) in [5.41, 5.74) is 0.824. The van der Waals surface area contributed by atoms with Gasteiger partial charge in [-0.2, -0.15) is 8.42 Å². The van der Waals surface area contributed by atoms with E-state index in [2.05, 4.69) is 13.0 Å². The van der Waals surface area contributed by atoms with E-state index in [9.17, 15) is 17.9 Å². The maximum absolute atomic E-state index is 14.8. The molecule has 7 heteroatoms. The molecule has 4 rings (SSSR count). The summed E-state index contributed by atoms with van der Waals surface area (Å²) in [6.45, 7) is 4.22. The highest BCUT2D eigenvalue weighted by Gasteiger charge is 2.62. The highest BCUT2D eigenvalue weighted by atomic mass is 32.3. The smallest absolute Gasteiger partial charge is 0.393 e. The summed E-state index contributed by atoms with van der Waals surface area (Å²) < 4.78 is 51.1. The van der Waals surface area contributed by atoms with E-state index in [0.29, 0.717) is 24.7 Å². The Bertz CT molecular complexity index is 721. The van der Waals surface area contributed by atoms with Crippen molar-refractivity contribution < 1.29 is 26.7 Å². The Morgan fingerprint density at radius 3 is 2.65 bits per heavy atom. The molecule has 0 amide bonds. The summed E-state index contributed by atoms with van der Waals surface area (Å²) in [4.78, 5) is 0. The van der Waals surface area contributed by atoms with Crippen molar-refractivity contribution >= 4 is 10.4 Å². The Morgan fingerprint density at radius 2 is 1.96 bits per heavy atom. The van der Waals surface area contributed by atoms with Gasteiger partial charge in [0, 0.05) is 5.41 Å². The second-order valence-electron chi connectivity index (χ2n) is 9.40. The predicted molar refractivity (Wildman–Crippen MR) is 94.4 cm³/mol. The Balaban J connectivity index is 1.65. The second kappa shape index (κ2) is 6.00. The minimum absolute atomic E-state index is 0.0458. The Kier molecular flexibility index (Phi) is 4.35. The van der Waals surface area contributed by atoms with Crippen LogP contribution < -0.4 is 0 Å². The summed E-state index contributed by atoms with van der Waals surface area (Å²) in [6.07, 6.45) is 4.76. The zero-order valence-electron chi connectivity index (χ0n) is 15.4. The lowest BCUT2D eigenvalue weighted by Gasteiger charge is -2.57. The molecule has 4 aliphatic carbocycles. The Hall–Kier alpha value is -0.500. The number of allylic oxidation sites excluding steroid dienone is 1. The van der Waals surface area contributed by atoms with E-state index in [1.807, 2.05) is 6.92 Å². The number of alkyl halides is 1. The third-order valence-electron chi connectivity index (χ3n) is 8.20. The molecule has 4 aliphatic rings. The molecule has 2 N–H and O–H groups in total. The van der Waals surface area contributed by atoms with Crippen molar-refractivity contribution in [1.82, 2.24) is 0 Å². The van der Waals surface area contributed by atoms with Crippen molar-refractivity contribution in [2.24, 2.45) is 28.6 Å². The molecule has 0 aromatic heterocycles. The molecule has 8 atom stereocenters. The topological polar surface area (TPSA) is 83.8 Å². The molecule has 0 heterocycles. The number of hydrogen-bond donors (Lipinski definition) is 2. The van der Waals surface area contributed by atoms with Gasteiger partial charge in [0.2, 0.25) is 0 Å². The third-order valence-corrected chi connectivity index (χ3v) is 8.65. The number of fused-ring (bicyclic) bond motifs is 5. The molecule has 26 heavy (non-hydrogen) atoms. The monoisotopic (exact) mass is 388 g/mol. The van der Waals surface area contributed by atoms with E-state index in [1.165, 1.54) is 5.57 Å². The van der Waals surface area contributed by atoms with Crippen LogP contribution in [-0.2, 0) is 14.6 Å². The van der Waals surface area contributed by atoms with Gasteiger partial charge in [-0.25, -0.2) is 8.57 Å². The van der Waals surface area contributed by atoms with Crippen molar-refractivity contribution in [3.8, 4) is 0 Å². The lowest BCUT2D eigenvalue weighted by Crippen LogP contribution is -2.51. The van der Waals surface area contributed by atoms with Gasteiger partial charge < -0.3 is 5.11 Å². The lowest BCUT2D eigenvalue weighted by atomic mass is 9.48. The van der Waals surface area contributed by atoms with Crippen molar-refractivity contribution in [3.05, 3.63) is 11.6 Å². The van der Waals surface area contributed by atoms with Gasteiger partial charge in [-0.1, -0.05) is 25.5 Å². The minimum atomic E-state index is -4.68. The Morgan fingerprint density at radius 1 is 1.23 bits per heavy atom. The molecule has 5 nitrogen and oxygen atoms in total. The summed E-state index contributed by atoms with van der Waals surface area (Å²) in [5, 5.41) is 10.0. The van der Waals surface area contributed by atoms with Crippen LogP contribution in [0.5, 0.6) is 0 Å². The quantitative estimate of drug-likeness (QED) is 0.559. The molecular formula is C19H29FO5S. The van der Waals surface area contributed by atoms with Crippen molar-refractivity contribution in [1.29, 1.82) is 0 Å². The van der Waals surface area contributed by atoms with Crippen molar-refractivity contribution in [3.63, 3.8) is 0 Å². The third kappa shape index (κ3) is 2.77. The molecule has 3 saturated carbocycles. The van der Waals surface area contributed by atoms with Crippen LogP contribution in [0, 0.1) is 28.6 Å². The van der Waals surface area contributed by atoms with E-state index in [-0.39, 0.29) is 17.4 Å². The van der Waals surface area contributed by atoms with E-state index in [1.54, 1.807) is 0 Å². The van der Waals surface area contributed by atoms with Crippen LogP contribution in [0.25, 0.3) is 0 Å². The van der Waals surface area contributed by atoms with E-state index in [4.69, 9.17) is 8.74 Å². The highest BCUT2D eigenvalue weighted by Crippen LogP contribution is 2.65. The van der Waals surface area contributed by atoms with E-state index < -0.39 is 28.1 Å². The first-order valence-corrected chi connectivity index (χ1v) is 11.1. The van der Waals surface area contributed by atoms with Gasteiger partial charge in [-0.05, 0) is 68.1 Å². The molecule has 0 spiro atoms. The van der Waals surface area contributed by atoms with Gasteiger partial charge in [-0.3, -0.25) is 4.55 Å². The minimum Gasteiger partial charge on any atom is -0.393 e. The van der Waals surface area contributed by atoms with Gasteiger partial charge in [0.05, 0.1) is 6.10 Å². The van der Waals surface area contributed by atoms with Gasteiger partial charge in [0.1, 0.15) is 12.3 Å². The molecule has 0 saturated heterocycles. The molecule has 0 aromatic rings. The summed E-state index contributed by atoms with van der Waals surface area (Å²) in [5.74, 6) is 0.778. The Labute approximate surface area is 155 Å². The fourth-order valence-corrected chi connectivity index (χ4v) is 7.47. The molecule has 0 radical (unpaired) electrons. The fraction of sp³-hybridized carbons (Fsp3) is 0.895. The average Bonchev–Trinajstić information content (AvgIpc) is 2.78. The van der Waals surface area contributed by atoms with E-state index in [0.717, 1.165) is 32.1 Å². The van der Waals surface area contributed by atoms with Gasteiger partial charge in [-0.15, -0.1) is 0 Å². The van der Waals surface area contributed by atoms with Crippen LogP contribution in [-0.4, -0.2) is 36.5 Å². The summed E-state index contributed by atoms with van der Waals surface area (Å²) >= 11 is 0. The fourth-order valence-electron chi connectivity index (χ4n) is 6.87. The first kappa shape index (κ1) is 18.8. The SMILES string of the molecule is C[C@]12CC[C@H]3[C@@H](CC=C4C[C@H](O)CC[C@@]43C)[C@@H]1C[C@@H](F)[C@@H]2OS(=O)(=O)O. The van der Waals surface area contributed by atoms with Crippen molar-refractivity contribution in [2.75, 3.05) is 0 Å². The molecule has 0 aromatic carbocycles. The van der Waals surface area contributed by atoms with Crippen LogP contribution in [0.2, 0.25) is 0 Å². The van der Waals surface area contributed by atoms with Crippen LogP contribution >= 0.6 is 0 Å². The van der Waals surface area contributed by atoms with E-state index >= 15 is 0 Å². The molecular weight excluding hydrogens is 359 g/mol. The first-order chi connectivity index (χ1) is 12.0. The predicted octanol–water partition coefficient (Wildman–Crippen LogP) is 3.45. The molecule has 0 bridgehead atoms. The molecule has 0 unspecified atom stereocenters. The number of halogens is 1. The standard InChI is InChI=1S/C19H29FO5S/c1-18-7-5-12(21)9-11(18)3-4-13-14(18)6-8-19(2)15(13)10-16(20)17(19)25-26(22,23)24/h3,12-17,21H,4-10H2,1-2H3,(H,22,23,24)/t12-,13-,14+,15+,16-,17+,18+,19+/m1/s1. The highest BCUT2D eigenvalue weighted by molar-refractivity contribution is 7.80. The van der Waals surface area contributed by atoms with Gasteiger partial charge in [0.25, 0.3) is 0 Å². The lowest BCUT2D eigenvalue weighted by molar-refractivity contribution is -0.0693. The molecule has 3 fully saturated rings. The zero-order valence-corrected chi connectivity index (χ0v) is 16.2. The maximum Gasteiger partial charge on any atom is 0.397 e. The normalized spacial score (nSPS) is 51.2. The maximum atomic E-state index is 14.8. The summed E-state index contributed by atoms with van der Waals surface area (Å²) in [6, 6.07) is 0. The number of aliphatic hydroxyl groups excluding tert-OH is 1. The van der Waals surface area contributed by atoms with Crippen LogP contribution in [0.4, 0.5) is 4.39 Å². The number of rotatable bonds is 2. The largest absolute Gasteiger partial charge is 0.397 e.